The summed E-state index contributed by atoms with van der Waals surface area (Å²) in [5, 5.41) is 8.61. The molecule has 1 N–H and O–H groups in total. The topological polar surface area (TPSA) is 37.3 Å². The summed E-state index contributed by atoms with van der Waals surface area (Å²) in [6.45, 7) is 4.02. The Balaban J connectivity index is 2.95. The van der Waals surface area contributed by atoms with Crippen LogP contribution in [0.25, 0.3) is 0 Å². The normalized spacial score (nSPS) is 10.2. The Hall–Kier alpha value is -0.830. The largest absolute Gasteiger partial charge is 0.481 e. The van der Waals surface area contributed by atoms with Gasteiger partial charge in [0.2, 0.25) is 0 Å². The predicted octanol–water partition coefficient (Wildman–Crippen LogP) is 3.08. The van der Waals surface area contributed by atoms with Crippen molar-refractivity contribution in [3.8, 4) is 0 Å². The number of benzene rings is 1. The molecule has 0 radical (unpaired) electrons. The van der Waals surface area contributed by atoms with Crippen LogP contribution in [0.15, 0.2) is 16.6 Å². The van der Waals surface area contributed by atoms with E-state index in [1.165, 1.54) is 0 Å². The average Bonchev–Trinajstić information content (AvgIpc) is 2.11. The third-order valence-corrected chi connectivity index (χ3v) is 3.21. The van der Waals surface area contributed by atoms with Crippen molar-refractivity contribution in [2.75, 3.05) is 0 Å². The summed E-state index contributed by atoms with van der Waals surface area (Å²) in [6.07, 6.45) is 0.796. The fraction of sp³-hybridized carbons (Fsp3) is 0.364. The summed E-state index contributed by atoms with van der Waals surface area (Å²) in [7, 11) is 0. The van der Waals surface area contributed by atoms with Gasteiger partial charge in [-0.15, -0.1) is 0 Å². The van der Waals surface area contributed by atoms with E-state index in [1.807, 2.05) is 26.0 Å². The average molecular weight is 257 g/mol. The molecule has 1 rings (SSSR count). The molecule has 0 bridgehead atoms. The highest BCUT2D eigenvalue weighted by molar-refractivity contribution is 9.10. The van der Waals surface area contributed by atoms with Gasteiger partial charge in [-0.3, -0.25) is 4.79 Å². The van der Waals surface area contributed by atoms with Gasteiger partial charge < -0.3 is 5.11 Å². The van der Waals surface area contributed by atoms with Crippen LogP contribution in [0.3, 0.4) is 0 Å². The van der Waals surface area contributed by atoms with Gasteiger partial charge in [-0.05, 0) is 43.0 Å². The Morgan fingerprint density at radius 2 is 2.07 bits per heavy atom. The van der Waals surface area contributed by atoms with E-state index in [9.17, 15) is 4.79 Å². The fourth-order valence-corrected chi connectivity index (χ4v) is 1.85. The lowest BCUT2D eigenvalue weighted by Crippen LogP contribution is -2.01. The molecule has 1 aromatic carbocycles. The quantitative estimate of drug-likeness (QED) is 0.903. The van der Waals surface area contributed by atoms with Crippen LogP contribution in [0.4, 0.5) is 0 Å². The Bertz CT molecular complexity index is 359. The van der Waals surface area contributed by atoms with Crippen LogP contribution in [0, 0.1) is 13.8 Å². The summed E-state index contributed by atoms with van der Waals surface area (Å²) in [5.74, 6) is -0.747. The Labute approximate surface area is 92.1 Å². The standard InChI is InChI=1S/C11H13BrO2/c1-7-3-5-10(12)8(2)9(7)4-6-11(13)14/h3,5H,4,6H2,1-2H3,(H,13,14). The van der Waals surface area contributed by atoms with Crippen molar-refractivity contribution in [1.82, 2.24) is 0 Å². The molecule has 0 aromatic heterocycles. The third-order valence-electron chi connectivity index (χ3n) is 2.36. The van der Waals surface area contributed by atoms with Crippen molar-refractivity contribution < 1.29 is 9.90 Å². The second-order valence-electron chi connectivity index (χ2n) is 3.36. The zero-order valence-corrected chi connectivity index (χ0v) is 9.89. The van der Waals surface area contributed by atoms with Crippen LogP contribution >= 0.6 is 15.9 Å². The van der Waals surface area contributed by atoms with E-state index < -0.39 is 5.97 Å². The van der Waals surface area contributed by atoms with E-state index in [0.29, 0.717) is 6.42 Å². The number of carboxylic acids is 1. The monoisotopic (exact) mass is 256 g/mol. The van der Waals surface area contributed by atoms with E-state index in [1.54, 1.807) is 0 Å². The second-order valence-corrected chi connectivity index (χ2v) is 4.22. The molecule has 0 aliphatic carbocycles. The van der Waals surface area contributed by atoms with Crippen molar-refractivity contribution in [2.45, 2.75) is 26.7 Å². The molecule has 0 fully saturated rings. The molecule has 0 amide bonds. The summed E-state index contributed by atoms with van der Waals surface area (Å²) in [6, 6.07) is 4.00. The molecule has 2 nitrogen and oxygen atoms in total. The van der Waals surface area contributed by atoms with E-state index in [-0.39, 0.29) is 6.42 Å². The van der Waals surface area contributed by atoms with E-state index in [0.717, 1.165) is 21.2 Å². The van der Waals surface area contributed by atoms with Gasteiger partial charge in [0, 0.05) is 10.9 Å². The van der Waals surface area contributed by atoms with Crippen molar-refractivity contribution in [1.29, 1.82) is 0 Å². The molecule has 0 saturated carbocycles. The SMILES string of the molecule is Cc1ccc(Br)c(C)c1CCC(=O)O. The minimum Gasteiger partial charge on any atom is -0.481 e. The van der Waals surface area contributed by atoms with Gasteiger partial charge in [-0.2, -0.15) is 0 Å². The number of aliphatic carboxylic acids is 1. The maximum absolute atomic E-state index is 10.5. The molecule has 3 heteroatoms. The van der Waals surface area contributed by atoms with Crippen LogP contribution in [0.1, 0.15) is 23.1 Å². The van der Waals surface area contributed by atoms with Gasteiger partial charge in [0.25, 0.3) is 0 Å². The zero-order valence-electron chi connectivity index (χ0n) is 8.30. The van der Waals surface area contributed by atoms with Crippen molar-refractivity contribution >= 4 is 21.9 Å². The number of carbonyl (C=O) groups is 1. The van der Waals surface area contributed by atoms with Crippen LogP contribution in [-0.2, 0) is 11.2 Å². The van der Waals surface area contributed by atoms with Gasteiger partial charge >= 0.3 is 5.97 Å². The number of hydrogen-bond donors (Lipinski definition) is 1. The lowest BCUT2D eigenvalue weighted by molar-refractivity contribution is -0.136. The molecule has 0 aliphatic heterocycles. The predicted molar refractivity (Wildman–Crippen MR) is 59.6 cm³/mol. The molecular formula is C11H13BrO2. The van der Waals surface area contributed by atoms with Crippen molar-refractivity contribution in [3.05, 3.63) is 33.3 Å². The van der Waals surface area contributed by atoms with Gasteiger partial charge in [0.05, 0.1) is 0 Å². The van der Waals surface area contributed by atoms with Crippen LogP contribution in [-0.4, -0.2) is 11.1 Å². The number of halogens is 1. The maximum Gasteiger partial charge on any atom is 0.303 e. The summed E-state index contributed by atoms with van der Waals surface area (Å²) >= 11 is 3.44. The highest BCUT2D eigenvalue weighted by Crippen LogP contribution is 2.23. The lowest BCUT2D eigenvalue weighted by atomic mass is 9.99. The van der Waals surface area contributed by atoms with Gasteiger partial charge in [-0.25, -0.2) is 0 Å². The first-order valence-corrected chi connectivity index (χ1v) is 5.28. The minimum absolute atomic E-state index is 0.193. The van der Waals surface area contributed by atoms with E-state index >= 15 is 0 Å². The third kappa shape index (κ3) is 2.58. The molecule has 0 heterocycles. The molecule has 14 heavy (non-hydrogen) atoms. The van der Waals surface area contributed by atoms with Crippen LogP contribution in [0.5, 0.6) is 0 Å². The minimum atomic E-state index is -0.747. The number of hydrogen-bond acceptors (Lipinski definition) is 1. The molecule has 1 aromatic rings. The van der Waals surface area contributed by atoms with Gasteiger partial charge in [0.1, 0.15) is 0 Å². The van der Waals surface area contributed by atoms with Crippen LogP contribution < -0.4 is 0 Å². The molecular weight excluding hydrogens is 244 g/mol. The summed E-state index contributed by atoms with van der Waals surface area (Å²) in [4.78, 5) is 10.5. The molecule has 0 atom stereocenters. The molecule has 76 valence electrons. The second kappa shape index (κ2) is 4.60. The highest BCUT2D eigenvalue weighted by atomic mass is 79.9. The fourth-order valence-electron chi connectivity index (χ4n) is 1.48. The summed E-state index contributed by atoms with van der Waals surface area (Å²) in [5.41, 5.74) is 3.44. The molecule has 0 saturated heterocycles. The Morgan fingerprint density at radius 1 is 1.43 bits per heavy atom. The molecule has 0 aliphatic rings. The first-order valence-electron chi connectivity index (χ1n) is 4.48. The molecule has 0 unspecified atom stereocenters. The van der Waals surface area contributed by atoms with E-state index in [2.05, 4.69) is 15.9 Å². The van der Waals surface area contributed by atoms with E-state index in [4.69, 9.17) is 5.11 Å². The first-order chi connectivity index (χ1) is 6.52. The number of aryl methyl sites for hydroxylation is 1. The van der Waals surface area contributed by atoms with Crippen LogP contribution in [0.2, 0.25) is 0 Å². The highest BCUT2D eigenvalue weighted by Gasteiger charge is 2.07. The zero-order chi connectivity index (χ0) is 10.7. The number of carboxylic acid groups (broad SMARTS) is 1. The first kappa shape index (κ1) is 11.2. The van der Waals surface area contributed by atoms with Gasteiger partial charge in [0.15, 0.2) is 0 Å². The summed E-state index contributed by atoms with van der Waals surface area (Å²) < 4.78 is 1.04. The number of rotatable bonds is 3. The van der Waals surface area contributed by atoms with Gasteiger partial charge in [-0.1, -0.05) is 22.0 Å². The van der Waals surface area contributed by atoms with Crippen molar-refractivity contribution in [3.63, 3.8) is 0 Å². The Morgan fingerprint density at radius 3 is 2.64 bits per heavy atom. The lowest BCUT2D eigenvalue weighted by Gasteiger charge is -2.09. The smallest absolute Gasteiger partial charge is 0.303 e. The molecule has 0 spiro atoms. The Kier molecular flexibility index (Phi) is 3.69. The van der Waals surface area contributed by atoms with Crippen molar-refractivity contribution in [2.24, 2.45) is 0 Å². The maximum atomic E-state index is 10.5.